The molecule has 0 saturated heterocycles. The molecule has 0 bridgehead atoms. The van der Waals surface area contributed by atoms with Crippen LogP contribution >= 0.6 is 11.3 Å². The van der Waals surface area contributed by atoms with Gasteiger partial charge in [0.1, 0.15) is 0 Å². The number of thiophene rings is 1. The highest BCUT2D eigenvalue weighted by Crippen LogP contribution is 2.50. The quantitative estimate of drug-likeness (QED) is 0.167. The summed E-state index contributed by atoms with van der Waals surface area (Å²) in [6.45, 7) is 6.64. The number of para-hydroxylation sites is 1. The van der Waals surface area contributed by atoms with Gasteiger partial charge in [-0.05, 0) is 157 Å². The van der Waals surface area contributed by atoms with E-state index in [-0.39, 0.29) is 0 Å². The van der Waals surface area contributed by atoms with Crippen LogP contribution in [0.15, 0.2) is 188 Å². The number of benzene rings is 10. The van der Waals surface area contributed by atoms with Crippen molar-refractivity contribution >= 4 is 86.5 Å². The fourth-order valence-corrected chi connectivity index (χ4v) is 12.0. The summed E-state index contributed by atoms with van der Waals surface area (Å²) in [6.07, 6.45) is 2.26. The minimum atomic E-state index is 1.19. The summed E-state index contributed by atoms with van der Waals surface area (Å²) in [4.78, 5) is 0. The molecule has 14 rings (SSSR count). The molecule has 0 atom stereocenters. The Morgan fingerprint density at radius 2 is 1.03 bits per heavy atom. The zero-order valence-corrected chi connectivity index (χ0v) is 36.1. The van der Waals surface area contributed by atoms with Gasteiger partial charge in [0, 0.05) is 36.6 Å². The molecule has 2 aliphatic carbocycles. The van der Waals surface area contributed by atoms with Crippen molar-refractivity contribution in [3.05, 3.63) is 210 Å². The van der Waals surface area contributed by atoms with Crippen LogP contribution < -0.4 is 0 Å². The Bertz CT molecular complexity index is 3910. The topological polar surface area (TPSA) is 4.93 Å². The van der Waals surface area contributed by atoms with Crippen LogP contribution in [-0.4, -0.2) is 4.57 Å². The van der Waals surface area contributed by atoms with Gasteiger partial charge >= 0.3 is 0 Å². The van der Waals surface area contributed by atoms with Gasteiger partial charge in [0.05, 0.1) is 11.0 Å². The van der Waals surface area contributed by atoms with Crippen LogP contribution in [0.4, 0.5) is 0 Å². The first-order valence-corrected chi connectivity index (χ1v) is 22.7. The molecule has 0 amide bonds. The lowest BCUT2D eigenvalue weighted by molar-refractivity contribution is 1.19. The molecule has 2 heteroatoms. The van der Waals surface area contributed by atoms with Crippen LogP contribution in [-0.2, 0) is 0 Å². The Balaban J connectivity index is 0.000000263. The highest BCUT2D eigenvalue weighted by atomic mass is 32.1. The highest BCUT2D eigenvalue weighted by molar-refractivity contribution is 7.25. The lowest BCUT2D eigenvalue weighted by atomic mass is 9.92. The predicted molar refractivity (Wildman–Crippen MR) is 273 cm³/mol. The van der Waals surface area contributed by atoms with E-state index in [4.69, 9.17) is 0 Å². The summed E-state index contributed by atoms with van der Waals surface area (Å²) in [7, 11) is 0. The summed E-state index contributed by atoms with van der Waals surface area (Å²) in [6, 6.07) is 69.6. The number of nitrogens with zero attached hydrogens (tertiary/aromatic N) is 1. The van der Waals surface area contributed by atoms with Crippen molar-refractivity contribution in [1.29, 1.82) is 0 Å². The number of rotatable bonds is 3. The lowest BCUT2D eigenvalue weighted by Crippen LogP contribution is -1.94. The summed E-state index contributed by atoms with van der Waals surface area (Å²) in [5.41, 5.74) is 20.9. The van der Waals surface area contributed by atoms with Gasteiger partial charge in [0.2, 0.25) is 0 Å². The Morgan fingerprint density at radius 3 is 1.87 bits per heavy atom. The molecule has 296 valence electrons. The van der Waals surface area contributed by atoms with Gasteiger partial charge in [-0.25, -0.2) is 0 Å². The minimum Gasteiger partial charge on any atom is -0.309 e. The molecule has 2 aromatic heterocycles. The van der Waals surface area contributed by atoms with E-state index in [1.54, 1.807) is 0 Å². The van der Waals surface area contributed by atoms with E-state index in [1.165, 1.54) is 142 Å². The van der Waals surface area contributed by atoms with E-state index in [9.17, 15) is 0 Å². The molecule has 2 heterocycles. The average Bonchev–Trinajstić information content (AvgIpc) is 4.06. The molecule has 0 N–H and O–H groups in total. The molecule has 0 saturated carbocycles. The largest absolute Gasteiger partial charge is 0.309 e. The average molecular weight is 820 g/mol. The Labute approximate surface area is 370 Å². The van der Waals surface area contributed by atoms with Crippen LogP contribution in [0.25, 0.3) is 125 Å². The Kier molecular flexibility index (Phi) is 7.89. The first kappa shape index (κ1) is 36.2. The van der Waals surface area contributed by atoms with E-state index < -0.39 is 0 Å². The summed E-state index contributed by atoms with van der Waals surface area (Å²) in [5.74, 6) is 0. The van der Waals surface area contributed by atoms with Gasteiger partial charge in [-0.2, -0.15) is 0 Å². The molecule has 63 heavy (non-hydrogen) atoms. The van der Waals surface area contributed by atoms with Crippen molar-refractivity contribution in [2.24, 2.45) is 0 Å². The third-order valence-corrected chi connectivity index (χ3v) is 14.9. The van der Waals surface area contributed by atoms with E-state index >= 15 is 0 Å². The predicted octanol–water partition coefficient (Wildman–Crippen LogP) is 17.6. The number of hydrogen-bond acceptors (Lipinski definition) is 1. The summed E-state index contributed by atoms with van der Waals surface area (Å²) < 4.78 is 5.10. The first-order valence-electron chi connectivity index (χ1n) is 21.9. The second-order valence-corrected chi connectivity index (χ2v) is 18.4. The van der Waals surface area contributed by atoms with Gasteiger partial charge in [0.15, 0.2) is 0 Å². The van der Waals surface area contributed by atoms with E-state index in [0.717, 1.165) is 0 Å². The maximum absolute atomic E-state index is 2.47. The van der Waals surface area contributed by atoms with Gasteiger partial charge in [-0.1, -0.05) is 152 Å². The number of aromatic nitrogens is 1. The number of fused-ring (bicyclic) bond motifs is 9. The van der Waals surface area contributed by atoms with Crippen molar-refractivity contribution in [2.75, 3.05) is 0 Å². The monoisotopic (exact) mass is 819 g/mol. The van der Waals surface area contributed by atoms with Crippen LogP contribution in [0.3, 0.4) is 0 Å². The lowest BCUT2D eigenvalue weighted by Gasteiger charge is -2.13. The summed E-state index contributed by atoms with van der Waals surface area (Å²) >= 11 is 1.88. The van der Waals surface area contributed by atoms with Crippen LogP contribution in [0.2, 0.25) is 0 Å². The van der Waals surface area contributed by atoms with Crippen LogP contribution in [0.1, 0.15) is 29.2 Å². The van der Waals surface area contributed by atoms with Crippen molar-refractivity contribution in [3.63, 3.8) is 0 Å². The Morgan fingerprint density at radius 1 is 0.381 bits per heavy atom. The first-order chi connectivity index (χ1) is 31.0. The van der Waals surface area contributed by atoms with Crippen molar-refractivity contribution < 1.29 is 0 Å². The van der Waals surface area contributed by atoms with Gasteiger partial charge in [-0.15, -0.1) is 11.3 Å². The minimum absolute atomic E-state index is 1.19. The molecule has 0 unspecified atom stereocenters. The van der Waals surface area contributed by atoms with Crippen molar-refractivity contribution in [3.8, 4) is 50.2 Å². The fourth-order valence-electron chi connectivity index (χ4n) is 10.9. The van der Waals surface area contributed by atoms with Crippen molar-refractivity contribution in [2.45, 2.75) is 20.8 Å². The normalized spacial score (nSPS) is 12.5. The third-order valence-electron chi connectivity index (χ3n) is 13.8. The molecule has 10 aromatic carbocycles. The van der Waals surface area contributed by atoms with Gasteiger partial charge < -0.3 is 4.57 Å². The van der Waals surface area contributed by atoms with Crippen LogP contribution in [0, 0.1) is 13.8 Å². The van der Waals surface area contributed by atoms with E-state index in [0.29, 0.717) is 0 Å². The molecule has 12 aromatic rings. The standard InChI is InChI=1S/C48H31NS.C13H10/c1-28-10-3-4-11-32(28)46-29(2)18-23-43-48(46)39-14-7-8-17-42(39)49(43)31-20-25-45-41(27-31)40-26-30(19-24-44(40)50-45)33-21-22-38-35-13-6-5-12-34(35)37-16-9-15-36(33)47(37)38;1-9-8-11-6-2-4-10-5-3-7-12(9)13(10)11/h3-27H,1-2H3;2-8H,1H3. The molecule has 0 radical (unpaired) electrons. The molecular formula is C61H41NS. The Hall–Kier alpha value is -7.52. The fraction of sp³-hybridized carbons (Fsp3) is 0.0492. The third kappa shape index (κ3) is 5.35. The molecular weight excluding hydrogens is 779 g/mol. The van der Waals surface area contributed by atoms with Crippen molar-refractivity contribution in [1.82, 2.24) is 4.57 Å². The van der Waals surface area contributed by atoms with Gasteiger partial charge in [0.25, 0.3) is 0 Å². The second kappa shape index (κ2) is 13.7. The maximum Gasteiger partial charge on any atom is 0.0547 e. The molecule has 0 aliphatic heterocycles. The molecule has 0 spiro atoms. The molecule has 1 nitrogen and oxygen atoms in total. The van der Waals surface area contributed by atoms with Gasteiger partial charge in [-0.3, -0.25) is 0 Å². The van der Waals surface area contributed by atoms with E-state index in [1.807, 2.05) is 11.3 Å². The van der Waals surface area contributed by atoms with Crippen LogP contribution in [0.5, 0.6) is 0 Å². The number of allylic oxidation sites excluding steroid dienone is 1. The maximum atomic E-state index is 2.47. The summed E-state index contributed by atoms with van der Waals surface area (Å²) in [5, 5.41) is 10.7. The molecule has 0 fully saturated rings. The molecule has 2 aliphatic rings. The SMILES string of the molecule is CC1=Cc2cccc3cccc1c23.Cc1ccccc1-c1c(C)ccc2c1c1ccccc1n2-c1ccc2sc3ccc(-c4ccc5c6c(cccc46)-c4ccccc4-5)cc3c2c1. The zero-order chi connectivity index (χ0) is 41.9. The van der Waals surface area contributed by atoms with E-state index in [2.05, 4.69) is 219 Å². The highest BCUT2D eigenvalue weighted by Gasteiger charge is 2.23. The zero-order valence-electron chi connectivity index (χ0n) is 35.3. The smallest absolute Gasteiger partial charge is 0.0547 e. The number of hydrogen-bond donors (Lipinski definition) is 0. The number of aryl methyl sites for hydroxylation is 2. The second-order valence-electron chi connectivity index (χ2n) is 17.3.